The Morgan fingerprint density at radius 2 is 2.04 bits per heavy atom. The number of nitrogens with one attached hydrogen (secondary N) is 2. The molecule has 0 aliphatic rings. The fourth-order valence-corrected chi connectivity index (χ4v) is 1.91. The van der Waals surface area contributed by atoms with E-state index in [-0.39, 0.29) is 11.9 Å². The van der Waals surface area contributed by atoms with Gasteiger partial charge in [-0.25, -0.2) is 0 Å². The second-order valence-electron chi connectivity index (χ2n) is 5.10. The topological polar surface area (TPSA) is 45.7 Å². The summed E-state index contributed by atoms with van der Waals surface area (Å²) in [5.41, 5.74) is -0.744. The lowest BCUT2D eigenvalue weighted by molar-refractivity contribution is -0.137. The molecule has 0 spiro atoms. The highest BCUT2D eigenvalue weighted by Crippen LogP contribution is 2.31. The van der Waals surface area contributed by atoms with Crippen molar-refractivity contribution in [3.63, 3.8) is 0 Å². The van der Waals surface area contributed by atoms with Crippen molar-refractivity contribution in [3.8, 4) is 5.75 Å². The van der Waals surface area contributed by atoms with Crippen LogP contribution in [0.2, 0.25) is 0 Å². The maximum atomic E-state index is 12.7. The SMILES string of the molecule is CCC(CNC(=NC)NCCCF)Oc1cccc(C(F)(F)F)c1. The van der Waals surface area contributed by atoms with Gasteiger partial charge >= 0.3 is 6.18 Å². The molecule has 0 saturated heterocycles. The average molecular weight is 349 g/mol. The van der Waals surface area contributed by atoms with E-state index in [0.29, 0.717) is 31.9 Å². The Morgan fingerprint density at radius 1 is 1.29 bits per heavy atom. The van der Waals surface area contributed by atoms with Gasteiger partial charge in [0.05, 0.1) is 18.8 Å². The van der Waals surface area contributed by atoms with E-state index in [2.05, 4.69) is 15.6 Å². The lowest BCUT2D eigenvalue weighted by atomic mass is 10.2. The molecular formula is C16H23F4N3O. The van der Waals surface area contributed by atoms with Crippen LogP contribution in [0.15, 0.2) is 29.3 Å². The molecule has 0 radical (unpaired) electrons. The lowest BCUT2D eigenvalue weighted by Crippen LogP contribution is -2.42. The molecule has 24 heavy (non-hydrogen) atoms. The number of rotatable bonds is 8. The van der Waals surface area contributed by atoms with Crippen LogP contribution in [0.3, 0.4) is 0 Å². The zero-order valence-corrected chi connectivity index (χ0v) is 13.8. The summed E-state index contributed by atoms with van der Waals surface area (Å²) in [5, 5.41) is 5.95. The largest absolute Gasteiger partial charge is 0.489 e. The molecule has 1 atom stereocenters. The van der Waals surface area contributed by atoms with E-state index in [0.717, 1.165) is 12.1 Å². The number of guanidine groups is 1. The molecule has 1 aromatic rings. The van der Waals surface area contributed by atoms with Crippen molar-refractivity contribution in [2.24, 2.45) is 4.99 Å². The molecule has 1 rings (SSSR count). The quantitative estimate of drug-likeness (QED) is 0.327. The molecule has 4 nitrogen and oxygen atoms in total. The fraction of sp³-hybridized carbons (Fsp3) is 0.562. The van der Waals surface area contributed by atoms with Crippen molar-refractivity contribution >= 4 is 5.96 Å². The average Bonchev–Trinajstić information content (AvgIpc) is 2.56. The summed E-state index contributed by atoms with van der Waals surface area (Å²) in [5.74, 6) is 0.661. The Labute approximate surface area is 139 Å². The summed E-state index contributed by atoms with van der Waals surface area (Å²) in [6.45, 7) is 2.27. The normalized spacial score (nSPS) is 13.5. The van der Waals surface area contributed by atoms with Crippen molar-refractivity contribution in [3.05, 3.63) is 29.8 Å². The third-order valence-electron chi connectivity index (χ3n) is 3.24. The highest BCUT2D eigenvalue weighted by Gasteiger charge is 2.30. The fourth-order valence-electron chi connectivity index (χ4n) is 1.91. The molecule has 8 heteroatoms. The van der Waals surface area contributed by atoms with Gasteiger partial charge in [0.1, 0.15) is 11.9 Å². The Bertz CT molecular complexity index is 520. The van der Waals surface area contributed by atoms with E-state index < -0.39 is 18.4 Å². The summed E-state index contributed by atoms with van der Waals surface area (Å²) in [6.07, 6.45) is -3.75. The van der Waals surface area contributed by atoms with Gasteiger partial charge in [0, 0.05) is 13.6 Å². The smallest absolute Gasteiger partial charge is 0.416 e. The van der Waals surface area contributed by atoms with Crippen LogP contribution in [0.25, 0.3) is 0 Å². The summed E-state index contributed by atoms with van der Waals surface area (Å²) in [4.78, 5) is 3.99. The van der Waals surface area contributed by atoms with Crippen molar-refractivity contribution in [2.75, 3.05) is 26.8 Å². The summed E-state index contributed by atoms with van der Waals surface area (Å²) >= 11 is 0. The van der Waals surface area contributed by atoms with Crippen LogP contribution in [0.5, 0.6) is 5.75 Å². The molecule has 0 bridgehead atoms. The zero-order chi connectivity index (χ0) is 18.0. The maximum Gasteiger partial charge on any atom is 0.416 e. The van der Waals surface area contributed by atoms with E-state index in [4.69, 9.17) is 4.74 Å². The van der Waals surface area contributed by atoms with Crippen LogP contribution < -0.4 is 15.4 Å². The van der Waals surface area contributed by atoms with Gasteiger partial charge < -0.3 is 15.4 Å². The van der Waals surface area contributed by atoms with Gasteiger partial charge in [-0.2, -0.15) is 13.2 Å². The molecule has 0 saturated carbocycles. The predicted molar refractivity (Wildman–Crippen MR) is 86.1 cm³/mol. The second-order valence-corrected chi connectivity index (χ2v) is 5.10. The second kappa shape index (κ2) is 10.00. The first-order valence-electron chi connectivity index (χ1n) is 7.75. The van der Waals surface area contributed by atoms with Crippen molar-refractivity contribution in [2.45, 2.75) is 32.0 Å². The molecule has 1 unspecified atom stereocenters. The number of hydrogen-bond acceptors (Lipinski definition) is 2. The monoisotopic (exact) mass is 349 g/mol. The first-order valence-corrected chi connectivity index (χ1v) is 7.75. The van der Waals surface area contributed by atoms with E-state index in [1.165, 1.54) is 12.1 Å². The highest BCUT2D eigenvalue weighted by molar-refractivity contribution is 5.79. The Kier molecular flexibility index (Phi) is 8.35. The van der Waals surface area contributed by atoms with E-state index in [1.54, 1.807) is 7.05 Å². The number of aliphatic imine (C=N–C) groups is 1. The zero-order valence-electron chi connectivity index (χ0n) is 13.8. The molecule has 0 amide bonds. The van der Waals surface area contributed by atoms with E-state index in [1.807, 2.05) is 6.92 Å². The lowest BCUT2D eigenvalue weighted by Gasteiger charge is -2.20. The summed E-state index contributed by atoms with van der Waals surface area (Å²) in [6, 6.07) is 4.79. The van der Waals surface area contributed by atoms with Crippen LogP contribution >= 0.6 is 0 Å². The molecule has 0 aromatic heterocycles. The third kappa shape index (κ3) is 7.06. The molecule has 136 valence electrons. The van der Waals surface area contributed by atoms with E-state index >= 15 is 0 Å². The van der Waals surface area contributed by atoms with Gasteiger partial charge in [0.25, 0.3) is 0 Å². The number of nitrogens with zero attached hydrogens (tertiary/aromatic N) is 1. The van der Waals surface area contributed by atoms with Gasteiger partial charge in [-0.05, 0) is 31.0 Å². The Morgan fingerprint density at radius 3 is 2.62 bits per heavy atom. The van der Waals surface area contributed by atoms with Gasteiger partial charge in [-0.3, -0.25) is 9.38 Å². The minimum atomic E-state index is -4.40. The summed E-state index contributed by atoms with van der Waals surface area (Å²) in [7, 11) is 1.58. The Hall–Kier alpha value is -1.99. The molecule has 0 aliphatic heterocycles. The summed E-state index contributed by atoms with van der Waals surface area (Å²) < 4.78 is 55.8. The molecule has 0 fully saturated rings. The van der Waals surface area contributed by atoms with Crippen molar-refractivity contribution in [1.29, 1.82) is 0 Å². The molecular weight excluding hydrogens is 326 g/mol. The molecule has 1 aromatic carbocycles. The van der Waals surface area contributed by atoms with Gasteiger partial charge in [-0.1, -0.05) is 13.0 Å². The van der Waals surface area contributed by atoms with Crippen LogP contribution in [0.1, 0.15) is 25.3 Å². The maximum absolute atomic E-state index is 12.7. The van der Waals surface area contributed by atoms with Crippen LogP contribution in [0.4, 0.5) is 17.6 Å². The highest BCUT2D eigenvalue weighted by atomic mass is 19.4. The van der Waals surface area contributed by atoms with Crippen LogP contribution in [0, 0.1) is 0 Å². The third-order valence-corrected chi connectivity index (χ3v) is 3.24. The number of alkyl halides is 4. The molecule has 0 heterocycles. The number of ether oxygens (including phenoxy) is 1. The van der Waals surface area contributed by atoms with Crippen LogP contribution in [-0.2, 0) is 6.18 Å². The predicted octanol–water partition coefficient (Wildman–Crippen LogP) is 3.39. The first kappa shape index (κ1) is 20.1. The van der Waals surface area contributed by atoms with Crippen LogP contribution in [-0.4, -0.2) is 38.9 Å². The standard InChI is InChI=1S/C16H23F4N3O/c1-3-13(11-23-15(21-2)22-9-5-8-17)24-14-7-4-6-12(10-14)16(18,19)20/h4,6-7,10,13H,3,5,8-9,11H2,1-2H3,(H2,21,22,23). The first-order chi connectivity index (χ1) is 11.4. The van der Waals surface area contributed by atoms with Gasteiger partial charge in [-0.15, -0.1) is 0 Å². The van der Waals surface area contributed by atoms with Gasteiger partial charge in [0.15, 0.2) is 5.96 Å². The number of benzene rings is 1. The van der Waals surface area contributed by atoms with Gasteiger partial charge in [0.2, 0.25) is 0 Å². The minimum absolute atomic E-state index is 0.166. The van der Waals surface area contributed by atoms with E-state index in [9.17, 15) is 17.6 Å². The van der Waals surface area contributed by atoms with Crippen molar-refractivity contribution < 1.29 is 22.3 Å². The van der Waals surface area contributed by atoms with Crippen molar-refractivity contribution in [1.82, 2.24) is 10.6 Å². The number of halogens is 4. The molecule has 2 N–H and O–H groups in total. The number of hydrogen-bond donors (Lipinski definition) is 2. The Balaban J connectivity index is 2.58. The minimum Gasteiger partial charge on any atom is -0.489 e. The molecule has 0 aliphatic carbocycles.